The average Bonchev–Trinajstić information content (AvgIpc) is 2.60. The maximum atomic E-state index is 12.5. The SMILES string of the molecule is Cc1cc(S(=O)(=O)N2CCCNC(=O)C2)cc(N)c1Cl. The molecule has 2 rings (SSSR count). The molecule has 0 aliphatic carbocycles. The Kier molecular flexibility index (Phi) is 4.22. The number of anilines is 1. The van der Waals surface area contributed by atoms with Crippen LogP contribution in [0.25, 0.3) is 0 Å². The van der Waals surface area contributed by atoms with Crippen LogP contribution in [0.15, 0.2) is 17.0 Å². The summed E-state index contributed by atoms with van der Waals surface area (Å²) < 4.78 is 26.3. The monoisotopic (exact) mass is 317 g/mol. The third-order valence-electron chi connectivity index (χ3n) is 3.12. The Morgan fingerprint density at radius 3 is 2.75 bits per heavy atom. The normalized spacial score (nSPS) is 17.6. The minimum atomic E-state index is -3.75. The van der Waals surface area contributed by atoms with Gasteiger partial charge in [0.05, 0.1) is 22.2 Å². The summed E-state index contributed by atoms with van der Waals surface area (Å²) in [5, 5.41) is 2.98. The smallest absolute Gasteiger partial charge is 0.243 e. The van der Waals surface area contributed by atoms with Gasteiger partial charge in [-0.15, -0.1) is 0 Å². The van der Waals surface area contributed by atoms with Gasteiger partial charge in [0.25, 0.3) is 0 Å². The summed E-state index contributed by atoms with van der Waals surface area (Å²) in [5.41, 5.74) is 6.51. The molecule has 6 nitrogen and oxygen atoms in total. The summed E-state index contributed by atoms with van der Waals surface area (Å²) in [5.74, 6) is -0.301. The minimum Gasteiger partial charge on any atom is -0.397 e. The van der Waals surface area contributed by atoms with E-state index in [1.807, 2.05) is 0 Å². The van der Waals surface area contributed by atoms with E-state index in [9.17, 15) is 13.2 Å². The molecule has 1 fully saturated rings. The Morgan fingerprint density at radius 1 is 1.40 bits per heavy atom. The molecule has 1 aromatic rings. The first-order valence-corrected chi connectivity index (χ1v) is 7.96. The fourth-order valence-electron chi connectivity index (χ4n) is 2.04. The Hall–Kier alpha value is -1.31. The zero-order chi connectivity index (χ0) is 14.9. The van der Waals surface area contributed by atoms with Gasteiger partial charge in [0, 0.05) is 13.1 Å². The molecule has 1 aliphatic rings. The number of amides is 1. The predicted octanol–water partition coefficient (Wildman–Crippen LogP) is 0.741. The molecule has 1 saturated heterocycles. The second-order valence-corrected chi connectivity index (χ2v) is 7.00. The van der Waals surface area contributed by atoms with E-state index in [2.05, 4.69) is 5.32 Å². The lowest BCUT2D eigenvalue weighted by Crippen LogP contribution is -2.37. The lowest BCUT2D eigenvalue weighted by molar-refractivity contribution is -0.120. The number of benzene rings is 1. The highest BCUT2D eigenvalue weighted by atomic mass is 35.5. The van der Waals surface area contributed by atoms with Crippen LogP contribution in [0.2, 0.25) is 5.02 Å². The van der Waals surface area contributed by atoms with Gasteiger partial charge in [-0.3, -0.25) is 4.79 Å². The van der Waals surface area contributed by atoms with Crippen molar-refractivity contribution in [3.63, 3.8) is 0 Å². The first kappa shape index (κ1) is 15.1. The standard InChI is InChI=1S/C12H16ClN3O3S/c1-8-5-9(6-10(14)12(8)13)20(18,19)16-4-2-3-15-11(17)7-16/h5-6H,2-4,7,14H2,1H3,(H,15,17). The van der Waals surface area contributed by atoms with Crippen LogP contribution in [0.3, 0.4) is 0 Å². The molecule has 0 unspecified atom stereocenters. The highest BCUT2D eigenvalue weighted by Gasteiger charge is 2.28. The van der Waals surface area contributed by atoms with Gasteiger partial charge in [-0.25, -0.2) is 8.42 Å². The van der Waals surface area contributed by atoms with Crippen LogP contribution in [-0.4, -0.2) is 38.3 Å². The number of hydrogen-bond acceptors (Lipinski definition) is 4. The zero-order valence-electron chi connectivity index (χ0n) is 11.0. The molecule has 0 radical (unpaired) electrons. The molecular formula is C12H16ClN3O3S. The van der Waals surface area contributed by atoms with E-state index >= 15 is 0 Å². The van der Waals surface area contributed by atoms with E-state index < -0.39 is 10.0 Å². The van der Waals surface area contributed by atoms with Crippen molar-refractivity contribution in [2.45, 2.75) is 18.2 Å². The lowest BCUT2D eigenvalue weighted by atomic mass is 10.2. The molecule has 0 bridgehead atoms. The zero-order valence-corrected chi connectivity index (χ0v) is 12.6. The van der Waals surface area contributed by atoms with Gasteiger partial charge in [-0.2, -0.15) is 4.31 Å². The molecule has 1 aliphatic heterocycles. The van der Waals surface area contributed by atoms with Crippen molar-refractivity contribution in [2.24, 2.45) is 0 Å². The van der Waals surface area contributed by atoms with Crippen molar-refractivity contribution in [2.75, 3.05) is 25.4 Å². The first-order valence-electron chi connectivity index (χ1n) is 6.15. The third-order valence-corrected chi connectivity index (χ3v) is 5.46. The summed E-state index contributed by atoms with van der Waals surface area (Å²) in [6, 6.07) is 2.80. The Morgan fingerprint density at radius 2 is 2.10 bits per heavy atom. The van der Waals surface area contributed by atoms with Crippen molar-refractivity contribution in [3.8, 4) is 0 Å². The van der Waals surface area contributed by atoms with E-state index in [-0.39, 0.29) is 23.0 Å². The Labute approximate surface area is 122 Å². The summed E-state index contributed by atoms with van der Waals surface area (Å²) in [7, 11) is -3.75. The van der Waals surface area contributed by atoms with Gasteiger partial charge < -0.3 is 11.1 Å². The van der Waals surface area contributed by atoms with Crippen molar-refractivity contribution in [1.29, 1.82) is 0 Å². The van der Waals surface area contributed by atoms with Crippen LogP contribution in [0, 0.1) is 6.92 Å². The van der Waals surface area contributed by atoms with Crippen molar-refractivity contribution >= 4 is 33.2 Å². The number of hydrogen-bond donors (Lipinski definition) is 2. The van der Waals surface area contributed by atoms with Crippen LogP contribution in [-0.2, 0) is 14.8 Å². The van der Waals surface area contributed by atoms with Crippen molar-refractivity contribution < 1.29 is 13.2 Å². The van der Waals surface area contributed by atoms with E-state index in [1.54, 1.807) is 6.92 Å². The number of sulfonamides is 1. The summed E-state index contributed by atoms with van der Waals surface area (Å²) in [6.07, 6.45) is 0.576. The minimum absolute atomic E-state index is 0.0617. The molecule has 20 heavy (non-hydrogen) atoms. The fourth-order valence-corrected chi connectivity index (χ4v) is 3.71. The second-order valence-electron chi connectivity index (χ2n) is 4.69. The number of rotatable bonds is 2. The molecular weight excluding hydrogens is 302 g/mol. The number of carbonyl (C=O) groups is 1. The molecule has 0 spiro atoms. The first-order chi connectivity index (χ1) is 9.32. The number of halogens is 1. The second kappa shape index (κ2) is 5.59. The van der Waals surface area contributed by atoms with Gasteiger partial charge in [0.2, 0.25) is 15.9 Å². The number of nitrogens with two attached hydrogens (primary N) is 1. The van der Waals surface area contributed by atoms with Crippen molar-refractivity contribution in [3.05, 3.63) is 22.7 Å². The Balaban J connectivity index is 2.41. The van der Waals surface area contributed by atoms with Crippen LogP contribution < -0.4 is 11.1 Å². The van der Waals surface area contributed by atoms with Crippen LogP contribution in [0.4, 0.5) is 5.69 Å². The van der Waals surface area contributed by atoms with Crippen molar-refractivity contribution in [1.82, 2.24) is 9.62 Å². The number of nitrogen functional groups attached to an aromatic ring is 1. The molecule has 0 atom stereocenters. The topological polar surface area (TPSA) is 92.5 Å². The predicted molar refractivity (Wildman–Crippen MR) is 77.0 cm³/mol. The quantitative estimate of drug-likeness (QED) is 0.787. The van der Waals surface area contributed by atoms with E-state index in [0.717, 1.165) is 4.31 Å². The van der Waals surface area contributed by atoms with Gasteiger partial charge in [-0.05, 0) is 31.0 Å². The summed E-state index contributed by atoms with van der Waals surface area (Å²) >= 11 is 5.94. The van der Waals surface area contributed by atoms with Crippen LogP contribution >= 0.6 is 11.6 Å². The molecule has 1 amide bonds. The van der Waals surface area contributed by atoms with Crippen LogP contribution in [0.5, 0.6) is 0 Å². The van der Waals surface area contributed by atoms with Gasteiger partial charge >= 0.3 is 0 Å². The number of nitrogens with zero attached hydrogens (tertiary/aromatic N) is 1. The molecule has 8 heteroatoms. The molecule has 0 saturated carbocycles. The fraction of sp³-hybridized carbons (Fsp3) is 0.417. The maximum Gasteiger partial charge on any atom is 0.243 e. The lowest BCUT2D eigenvalue weighted by Gasteiger charge is -2.19. The number of carbonyl (C=O) groups excluding carboxylic acids is 1. The highest BCUT2D eigenvalue weighted by molar-refractivity contribution is 7.89. The van der Waals surface area contributed by atoms with Gasteiger partial charge in [0.15, 0.2) is 0 Å². The van der Waals surface area contributed by atoms with E-state index in [1.165, 1.54) is 12.1 Å². The van der Waals surface area contributed by atoms with Crippen LogP contribution in [0.1, 0.15) is 12.0 Å². The third kappa shape index (κ3) is 2.89. The average molecular weight is 318 g/mol. The summed E-state index contributed by atoms with van der Waals surface area (Å²) in [6.45, 7) is 2.28. The van der Waals surface area contributed by atoms with Gasteiger partial charge in [0.1, 0.15) is 0 Å². The molecule has 1 heterocycles. The maximum absolute atomic E-state index is 12.5. The van der Waals surface area contributed by atoms with Gasteiger partial charge in [-0.1, -0.05) is 11.6 Å². The molecule has 3 N–H and O–H groups in total. The Bertz CT molecular complexity index is 622. The summed E-state index contributed by atoms with van der Waals surface area (Å²) in [4.78, 5) is 11.6. The van der Waals surface area contributed by atoms with E-state index in [0.29, 0.717) is 30.1 Å². The number of nitrogens with one attached hydrogen (secondary N) is 1. The number of aryl methyl sites for hydroxylation is 1. The molecule has 0 aromatic heterocycles. The molecule has 110 valence electrons. The van der Waals surface area contributed by atoms with E-state index in [4.69, 9.17) is 17.3 Å². The molecule has 1 aromatic carbocycles. The highest BCUT2D eigenvalue weighted by Crippen LogP contribution is 2.28. The largest absolute Gasteiger partial charge is 0.397 e.